The summed E-state index contributed by atoms with van der Waals surface area (Å²) in [5, 5.41) is 12.0. The molecule has 1 heterocycles. The molecule has 1 amide bonds. The number of aliphatic hydroxyl groups excluding tert-OH is 1. The van der Waals surface area contributed by atoms with Crippen molar-refractivity contribution in [1.82, 2.24) is 9.55 Å². The fraction of sp³-hybridized carbons (Fsp3) is 0.227. The van der Waals surface area contributed by atoms with Crippen LogP contribution >= 0.6 is 0 Å². The van der Waals surface area contributed by atoms with E-state index in [-0.39, 0.29) is 25.4 Å². The molecule has 7 nitrogen and oxygen atoms in total. The summed E-state index contributed by atoms with van der Waals surface area (Å²) in [4.78, 5) is 30.2. The van der Waals surface area contributed by atoms with Gasteiger partial charge in [0.25, 0.3) is 5.56 Å². The summed E-state index contributed by atoms with van der Waals surface area (Å²) in [7, 11) is 1.55. The Kier molecular flexibility index (Phi) is 6.58. The number of anilines is 1. The first-order valence-corrected chi connectivity index (χ1v) is 9.34. The molecule has 0 saturated carbocycles. The van der Waals surface area contributed by atoms with Gasteiger partial charge in [-0.3, -0.25) is 14.2 Å². The van der Waals surface area contributed by atoms with E-state index >= 15 is 0 Å². The summed E-state index contributed by atoms with van der Waals surface area (Å²) in [5.41, 5.74) is 1.43. The Morgan fingerprint density at radius 1 is 1.17 bits per heavy atom. The Bertz CT molecular complexity index is 1090. The second kappa shape index (κ2) is 9.32. The summed E-state index contributed by atoms with van der Waals surface area (Å²) < 4.78 is 19.7. The molecule has 0 bridgehead atoms. The van der Waals surface area contributed by atoms with Crippen molar-refractivity contribution in [2.45, 2.75) is 19.9 Å². The monoisotopic (exact) mass is 411 g/mol. The molecule has 0 spiro atoms. The Morgan fingerprint density at radius 2 is 1.83 bits per heavy atom. The summed E-state index contributed by atoms with van der Waals surface area (Å²) in [5.74, 6) is 0.0630. The van der Waals surface area contributed by atoms with E-state index in [9.17, 15) is 19.1 Å². The van der Waals surface area contributed by atoms with Gasteiger partial charge < -0.3 is 15.2 Å². The molecule has 8 heteroatoms. The molecule has 0 atom stereocenters. The predicted molar refractivity (Wildman–Crippen MR) is 111 cm³/mol. The summed E-state index contributed by atoms with van der Waals surface area (Å²) in [6, 6.07) is 12.3. The molecule has 2 aromatic carbocycles. The van der Waals surface area contributed by atoms with Crippen LogP contribution in [0.5, 0.6) is 5.75 Å². The lowest BCUT2D eigenvalue weighted by atomic mass is 10.1. The molecule has 0 aliphatic heterocycles. The van der Waals surface area contributed by atoms with Gasteiger partial charge in [0.05, 0.1) is 7.11 Å². The molecule has 3 aromatic rings. The zero-order valence-electron chi connectivity index (χ0n) is 16.7. The van der Waals surface area contributed by atoms with E-state index in [1.165, 1.54) is 28.8 Å². The number of hydrogen-bond acceptors (Lipinski definition) is 5. The minimum Gasteiger partial charge on any atom is -0.497 e. The van der Waals surface area contributed by atoms with E-state index in [4.69, 9.17) is 4.74 Å². The summed E-state index contributed by atoms with van der Waals surface area (Å²) in [6.07, 6.45) is 0.126. The van der Waals surface area contributed by atoms with Crippen molar-refractivity contribution in [2.75, 3.05) is 19.0 Å². The maximum absolute atomic E-state index is 13.3. The number of aliphatic hydroxyl groups is 1. The highest BCUT2D eigenvalue weighted by Gasteiger charge is 2.18. The molecule has 156 valence electrons. The highest BCUT2D eigenvalue weighted by Crippen LogP contribution is 2.19. The van der Waals surface area contributed by atoms with E-state index in [2.05, 4.69) is 10.3 Å². The lowest BCUT2D eigenvalue weighted by Crippen LogP contribution is -2.33. The standard InChI is InChI=1S/C22H22FN3O4/c1-14-19(11-12-27)22(29)26(21(24-14)15-3-5-16(23)6-4-15)13-20(28)25-17-7-9-18(30-2)10-8-17/h3-10,27H,11-13H2,1-2H3,(H,25,28). The third kappa shape index (κ3) is 4.72. The van der Waals surface area contributed by atoms with Crippen molar-refractivity contribution in [3.8, 4) is 17.1 Å². The van der Waals surface area contributed by atoms with Crippen molar-refractivity contribution in [3.63, 3.8) is 0 Å². The lowest BCUT2D eigenvalue weighted by Gasteiger charge is -2.16. The number of aryl methyl sites for hydroxylation is 1. The van der Waals surface area contributed by atoms with Crippen LogP contribution in [-0.4, -0.2) is 34.3 Å². The molecule has 0 radical (unpaired) electrons. The highest BCUT2D eigenvalue weighted by atomic mass is 19.1. The average Bonchev–Trinajstić information content (AvgIpc) is 2.74. The molecule has 0 aliphatic carbocycles. The number of benzene rings is 2. The van der Waals surface area contributed by atoms with Crippen LogP contribution in [0, 0.1) is 12.7 Å². The molecule has 2 N–H and O–H groups in total. The van der Waals surface area contributed by atoms with E-state index in [1.54, 1.807) is 38.3 Å². The van der Waals surface area contributed by atoms with Gasteiger partial charge in [0.2, 0.25) is 5.91 Å². The molecule has 0 fully saturated rings. The number of hydrogen-bond donors (Lipinski definition) is 2. The zero-order valence-corrected chi connectivity index (χ0v) is 16.7. The SMILES string of the molecule is COc1ccc(NC(=O)Cn2c(-c3ccc(F)cc3)nc(C)c(CCO)c2=O)cc1. The highest BCUT2D eigenvalue weighted by molar-refractivity contribution is 5.90. The van der Waals surface area contributed by atoms with Gasteiger partial charge in [-0.05, 0) is 55.5 Å². The van der Waals surface area contributed by atoms with Crippen molar-refractivity contribution in [3.05, 3.63) is 76.0 Å². The van der Waals surface area contributed by atoms with E-state index in [1.807, 2.05) is 0 Å². The third-order valence-electron chi connectivity index (χ3n) is 4.61. The molecule has 0 saturated heterocycles. The first-order chi connectivity index (χ1) is 14.4. The van der Waals surface area contributed by atoms with Crippen molar-refractivity contribution in [1.29, 1.82) is 0 Å². The summed E-state index contributed by atoms with van der Waals surface area (Å²) in [6.45, 7) is 1.16. The number of amides is 1. The number of aromatic nitrogens is 2. The Labute approximate surface area is 172 Å². The number of nitrogens with zero attached hydrogens (tertiary/aromatic N) is 2. The number of rotatable bonds is 7. The smallest absolute Gasteiger partial charge is 0.257 e. The predicted octanol–water partition coefficient (Wildman–Crippen LogP) is 2.54. The molecule has 3 rings (SSSR count). The van der Waals surface area contributed by atoms with Crippen LogP contribution in [0.25, 0.3) is 11.4 Å². The molecule has 1 aromatic heterocycles. The van der Waals surface area contributed by atoms with Gasteiger partial charge in [-0.15, -0.1) is 0 Å². The Morgan fingerprint density at radius 3 is 2.43 bits per heavy atom. The van der Waals surface area contributed by atoms with Crippen molar-refractivity contribution in [2.24, 2.45) is 0 Å². The lowest BCUT2D eigenvalue weighted by molar-refractivity contribution is -0.116. The minimum absolute atomic E-state index is 0.126. The van der Waals surface area contributed by atoms with Crippen LogP contribution in [0.4, 0.5) is 10.1 Å². The van der Waals surface area contributed by atoms with Crippen LogP contribution in [0.15, 0.2) is 53.3 Å². The first kappa shape index (κ1) is 21.2. The van der Waals surface area contributed by atoms with Crippen LogP contribution in [0.3, 0.4) is 0 Å². The van der Waals surface area contributed by atoms with Gasteiger partial charge in [0, 0.05) is 35.5 Å². The third-order valence-corrected chi connectivity index (χ3v) is 4.61. The minimum atomic E-state index is -0.425. The van der Waals surface area contributed by atoms with Gasteiger partial charge >= 0.3 is 0 Å². The Balaban J connectivity index is 1.97. The molecule has 30 heavy (non-hydrogen) atoms. The second-order valence-electron chi connectivity index (χ2n) is 6.65. The zero-order chi connectivity index (χ0) is 21.7. The van der Waals surface area contributed by atoms with Crippen LogP contribution < -0.4 is 15.6 Å². The van der Waals surface area contributed by atoms with Gasteiger partial charge in [0.15, 0.2) is 0 Å². The van der Waals surface area contributed by atoms with Gasteiger partial charge in [-0.25, -0.2) is 9.37 Å². The van der Waals surface area contributed by atoms with Gasteiger partial charge in [-0.2, -0.15) is 0 Å². The number of ether oxygens (including phenoxy) is 1. The van der Waals surface area contributed by atoms with Gasteiger partial charge in [-0.1, -0.05) is 0 Å². The largest absolute Gasteiger partial charge is 0.497 e. The molecular formula is C22H22FN3O4. The van der Waals surface area contributed by atoms with E-state index < -0.39 is 17.3 Å². The van der Waals surface area contributed by atoms with E-state index in [0.29, 0.717) is 28.3 Å². The van der Waals surface area contributed by atoms with Crippen LogP contribution in [-0.2, 0) is 17.8 Å². The topological polar surface area (TPSA) is 93.4 Å². The number of halogens is 1. The maximum Gasteiger partial charge on any atom is 0.257 e. The van der Waals surface area contributed by atoms with Crippen LogP contribution in [0.2, 0.25) is 0 Å². The summed E-state index contributed by atoms with van der Waals surface area (Å²) >= 11 is 0. The molecule has 0 unspecified atom stereocenters. The molecule has 0 aliphatic rings. The van der Waals surface area contributed by atoms with Gasteiger partial charge in [0.1, 0.15) is 23.9 Å². The fourth-order valence-corrected chi connectivity index (χ4v) is 3.08. The number of carbonyl (C=O) groups excluding carboxylic acids is 1. The number of methoxy groups -OCH3 is 1. The van der Waals surface area contributed by atoms with Crippen molar-refractivity contribution < 1.29 is 19.0 Å². The van der Waals surface area contributed by atoms with Crippen LogP contribution in [0.1, 0.15) is 11.3 Å². The molecular weight excluding hydrogens is 389 g/mol. The number of carbonyl (C=O) groups is 1. The second-order valence-corrected chi connectivity index (χ2v) is 6.65. The number of nitrogens with one attached hydrogen (secondary N) is 1. The fourth-order valence-electron chi connectivity index (χ4n) is 3.08. The first-order valence-electron chi connectivity index (χ1n) is 9.34. The average molecular weight is 411 g/mol. The van der Waals surface area contributed by atoms with E-state index in [0.717, 1.165) is 0 Å². The maximum atomic E-state index is 13.3. The normalized spacial score (nSPS) is 10.7. The quantitative estimate of drug-likeness (QED) is 0.623. The van der Waals surface area contributed by atoms with Crippen molar-refractivity contribution >= 4 is 11.6 Å². The Hall–Kier alpha value is -3.52.